The predicted molar refractivity (Wildman–Crippen MR) is 76.7 cm³/mol. The van der Waals surface area contributed by atoms with Gasteiger partial charge in [0.1, 0.15) is 0 Å². The summed E-state index contributed by atoms with van der Waals surface area (Å²) in [6.45, 7) is 1.82. The first-order valence-corrected chi connectivity index (χ1v) is 7.95. The molecule has 0 saturated carbocycles. The lowest BCUT2D eigenvalue weighted by Crippen LogP contribution is -2.20. The van der Waals surface area contributed by atoms with Crippen LogP contribution in [0.2, 0.25) is 0 Å². The first kappa shape index (κ1) is 16.5. The van der Waals surface area contributed by atoms with E-state index in [1.165, 1.54) is 7.11 Å². The van der Waals surface area contributed by atoms with Gasteiger partial charge in [0.15, 0.2) is 21.3 Å². The summed E-state index contributed by atoms with van der Waals surface area (Å²) in [7, 11) is -1.96. The van der Waals surface area contributed by atoms with Gasteiger partial charge in [0.25, 0.3) is 0 Å². The Kier molecular flexibility index (Phi) is 5.97. The van der Waals surface area contributed by atoms with E-state index in [9.17, 15) is 8.42 Å². The number of ether oxygens (including phenoxy) is 2. The van der Waals surface area contributed by atoms with Crippen molar-refractivity contribution < 1.29 is 23.0 Å². The molecule has 1 aromatic carbocycles. The van der Waals surface area contributed by atoms with E-state index in [4.69, 9.17) is 20.0 Å². The minimum Gasteiger partial charge on any atom is -0.493 e. The Bertz CT molecular complexity index is 568. The monoisotopic (exact) mass is 301 g/mol. The van der Waals surface area contributed by atoms with E-state index in [2.05, 4.69) is 0 Å². The van der Waals surface area contributed by atoms with Gasteiger partial charge in [-0.25, -0.2) is 8.42 Å². The van der Waals surface area contributed by atoms with Crippen molar-refractivity contribution in [1.82, 2.24) is 0 Å². The van der Waals surface area contributed by atoms with Crippen LogP contribution >= 0.6 is 0 Å². The van der Waals surface area contributed by atoms with Crippen molar-refractivity contribution in [2.24, 2.45) is 0 Å². The lowest BCUT2D eigenvalue weighted by Gasteiger charge is -2.11. The molecule has 0 bridgehead atoms. The topological polar surface area (TPSA) is 96.7 Å². The van der Waals surface area contributed by atoms with Gasteiger partial charge in [0.2, 0.25) is 0 Å². The zero-order valence-corrected chi connectivity index (χ0v) is 12.4. The Morgan fingerprint density at radius 2 is 2.05 bits per heavy atom. The smallest absolute Gasteiger partial charge is 0.161 e. The molecule has 0 aliphatic carbocycles. The number of hydrogen-bond donors (Lipinski definition) is 2. The van der Waals surface area contributed by atoms with E-state index in [1.807, 2.05) is 6.92 Å². The number of hydrogen-bond acceptors (Lipinski definition) is 6. The lowest BCUT2D eigenvalue weighted by molar-refractivity contribution is 0.311. The van der Waals surface area contributed by atoms with Gasteiger partial charge in [-0.15, -0.1) is 0 Å². The summed E-state index contributed by atoms with van der Waals surface area (Å²) < 4.78 is 33.7. The molecule has 7 heteroatoms. The molecule has 1 aromatic rings. The lowest BCUT2D eigenvalue weighted by atomic mass is 10.1. The average Bonchev–Trinajstić information content (AvgIpc) is 2.38. The third-order valence-electron chi connectivity index (χ3n) is 2.58. The highest BCUT2D eigenvalue weighted by Gasteiger charge is 2.16. The van der Waals surface area contributed by atoms with Crippen molar-refractivity contribution in [3.8, 4) is 11.5 Å². The number of aliphatic hydroxyl groups is 1. The molecule has 0 unspecified atom stereocenters. The molecule has 0 fully saturated rings. The van der Waals surface area contributed by atoms with Crippen molar-refractivity contribution in [3.05, 3.63) is 23.8 Å². The van der Waals surface area contributed by atoms with Gasteiger partial charge in [-0.2, -0.15) is 0 Å². The second-order valence-corrected chi connectivity index (χ2v) is 6.28. The van der Waals surface area contributed by atoms with E-state index in [0.717, 1.165) is 0 Å². The fraction of sp³-hybridized carbons (Fsp3) is 0.462. The minimum atomic E-state index is -3.47. The van der Waals surface area contributed by atoms with E-state index >= 15 is 0 Å². The molecule has 6 nitrogen and oxygen atoms in total. The van der Waals surface area contributed by atoms with E-state index in [-0.39, 0.29) is 11.5 Å². The van der Waals surface area contributed by atoms with Crippen LogP contribution in [0.3, 0.4) is 0 Å². The Morgan fingerprint density at radius 3 is 2.60 bits per heavy atom. The summed E-state index contributed by atoms with van der Waals surface area (Å²) in [6, 6.07) is 4.82. The second-order valence-electron chi connectivity index (χ2n) is 4.09. The highest BCUT2D eigenvalue weighted by atomic mass is 32.2. The van der Waals surface area contributed by atoms with Gasteiger partial charge in [0.05, 0.1) is 37.5 Å². The Morgan fingerprint density at radius 1 is 1.35 bits per heavy atom. The van der Waals surface area contributed by atoms with Crippen LogP contribution < -0.4 is 9.47 Å². The molecule has 0 aromatic heterocycles. The molecule has 1 rings (SSSR count). The normalized spacial score (nSPS) is 11.2. The van der Waals surface area contributed by atoms with Crippen LogP contribution in [0.25, 0.3) is 0 Å². The number of benzene rings is 1. The molecular formula is C13H19NO5S. The first-order valence-electron chi connectivity index (χ1n) is 6.13. The summed E-state index contributed by atoms with van der Waals surface area (Å²) in [5.41, 5.74) is 0.415. The van der Waals surface area contributed by atoms with E-state index < -0.39 is 22.2 Å². The molecule has 0 atom stereocenters. The average molecular weight is 301 g/mol. The number of nitrogens with one attached hydrogen (secondary N) is 1. The van der Waals surface area contributed by atoms with Crippen LogP contribution in [0.1, 0.15) is 12.5 Å². The zero-order chi connectivity index (χ0) is 15.2. The molecule has 0 heterocycles. The van der Waals surface area contributed by atoms with Gasteiger partial charge in [-0.05, 0) is 25.1 Å². The molecule has 0 spiro atoms. The van der Waals surface area contributed by atoms with Crippen molar-refractivity contribution in [2.45, 2.75) is 6.92 Å². The van der Waals surface area contributed by atoms with Crippen molar-refractivity contribution in [1.29, 1.82) is 5.41 Å². The summed E-state index contributed by atoms with van der Waals surface area (Å²) in [5, 5.41) is 16.5. The second kappa shape index (κ2) is 7.25. The highest BCUT2D eigenvalue weighted by molar-refractivity contribution is 7.92. The number of aliphatic hydroxyl groups excluding tert-OH is 1. The number of rotatable bonds is 8. The predicted octanol–water partition coefficient (Wildman–Crippen LogP) is 0.869. The van der Waals surface area contributed by atoms with E-state index in [1.54, 1.807) is 18.2 Å². The quantitative estimate of drug-likeness (QED) is 0.694. The fourth-order valence-corrected chi connectivity index (χ4v) is 2.68. The van der Waals surface area contributed by atoms with Crippen LogP contribution in [0.5, 0.6) is 11.5 Å². The minimum absolute atomic E-state index is 0.0398. The zero-order valence-electron chi connectivity index (χ0n) is 11.5. The SMILES string of the molecule is CCOc1cc(C(=N)CS(=O)(=O)CCO)ccc1OC. The van der Waals surface area contributed by atoms with Crippen LogP contribution in [0.4, 0.5) is 0 Å². The maximum atomic E-state index is 11.6. The third-order valence-corrected chi connectivity index (χ3v) is 4.11. The van der Waals surface area contributed by atoms with Crippen LogP contribution in [-0.4, -0.2) is 51.1 Å². The van der Waals surface area contributed by atoms with Crippen LogP contribution in [0.15, 0.2) is 18.2 Å². The van der Waals surface area contributed by atoms with E-state index in [0.29, 0.717) is 23.7 Å². The molecule has 0 radical (unpaired) electrons. The molecule has 2 N–H and O–H groups in total. The van der Waals surface area contributed by atoms with Crippen molar-refractivity contribution in [3.63, 3.8) is 0 Å². The van der Waals surface area contributed by atoms with Gasteiger partial charge < -0.3 is 20.0 Å². The van der Waals surface area contributed by atoms with Gasteiger partial charge in [-0.1, -0.05) is 0 Å². The molecule has 0 aliphatic heterocycles. The Hall–Kier alpha value is -1.60. The summed E-state index contributed by atoms with van der Waals surface area (Å²) in [6.07, 6.45) is 0. The highest BCUT2D eigenvalue weighted by Crippen LogP contribution is 2.28. The number of methoxy groups -OCH3 is 1. The van der Waals surface area contributed by atoms with Crippen molar-refractivity contribution in [2.75, 3.05) is 31.8 Å². The van der Waals surface area contributed by atoms with Crippen LogP contribution in [0, 0.1) is 5.41 Å². The summed E-state index contributed by atoms with van der Waals surface area (Å²) in [4.78, 5) is 0. The molecule has 0 saturated heterocycles. The third kappa shape index (κ3) is 4.50. The summed E-state index contributed by atoms with van der Waals surface area (Å²) >= 11 is 0. The molecule has 0 aliphatic rings. The fourth-order valence-electron chi connectivity index (χ4n) is 1.65. The maximum absolute atomic E-state index is 11.6. The maximum Gasteiger partial charge on any atom is 0.161 e. The van der Waals surface area contributed by atoms with Crippen molar-refractivity contribution >= 4 is 15.5 Å². The first-order chi connectivity index (χ1) is 9.43. The standard InChI is InChI=1S/C13H19NO5S/c1-3-19-13-8-10(4-5-12(13)18-2)11(14)9-20(16,17)7-6-15/h4-5,8,14-15H,3,6-7,9H2,1-2H3. The summed E-state index contributed by atoms with van der Waals surface area (Å²) in [5.74, 6) is 0.244. The van der Waals surface area contributed by atoms with Crippen LogP contribution in [-0.2, 0) is 9.84 Å². The number of sulfone groups is 1. The molecule has 20 heavy (non-hydrogen) atoms. The van der Waals surface area contributed by atoms with Gasteiger partial charge in [0, 0.05) is 5.56 Å². The Labute approximate surface area is 118 Å². The Balaban J connectivity index is 2.96. The largest absolute Gasteiger partial charge is 0.493 e. The van der Waals surface area contributed by atoms with Gasteiger partial charge in [-0.3, -0.25) is 0 Å². The van der Waals surface area contributed by atoms with Gasteiger partial charge >= 0.3 is 0 Å². The molecule has 112 valence electrons. The molecular weight excluding hydrogens is 282 g/mol. The molecule has 0 amide bonds.